The van der Waals surface area contributed by atoms with Crippen molar-refractivity contribution < 1.29 is 8.81 Å². The highest BCUT2D eigenvalue weighted by Gasteiger charge is 2.19. The Labute approximate surface area is 162 Å². The van der Waals surface area contributed by atoms with Gasteiger partial charge in [-0.15, -0.1) is 11.3 Å². The van der Waals surface area contributed by atoms with Crippen molar-refractivity contribution in [2.24, 2.45) is 0 Å². The quantitative estimate of drug-likeness (QED) is 0.477. The Kier molecular flexibility index (Phi) is 3.87. The van der Waals surface area contributed by atoms with Gasteiger partial charge in [-0.2, -0.15) is 4.98 Å². The maximum Gasteiger partial charge on any atom is 0.306 e. The molecule has 0 atom stereocenters. The maximum absolute atomic E-state index is 13.4. The largest absolute Gasteiger partial charge is 0.432 e. The standard InChI is InChI=1S/C19H13FN6OS/c1-11-10-28-18(22-11)25-17-21-7-6-14(23-17)16-15(12-2-4-13(20)5-3-12)24-19-26(16)8-9-27-19/h2-10H,1H3,(H,21,22,23,25). The van der Waals surface area contributed by atoms with Crippen LogP contribution in [0.3, 0.4) is 0 Å². The monoisotopic (exact) mass is 392 g/mol. The number of aromatic nitrogens is 5. The summed E-state index contributed by atoms with van der Waals surface area (Å²) in [4.78, 5) is 17.8. The molecule has 0 aliphatic carbocycles. The molecule has 138 valence electrons. The summed E-state index contributed by atoms with van der Waals surface area (Å²) in [7, 11) is 0. The van der Waals surface area contributed by atoms with E-state index in [1.54, 1.807) is 41.3 Å². The molecule has 0 spiro atoms. The summed E-state index contributed by atoms with van der Waals surface area (Å²) < 4.78 is 20.6. The van der Waals surface area contributed by atoms with E-state index in [9.17, 15) is 4.39 Å². The number of nitrogens with zero attached hydrogens (tertiary/aromatic N) is 5. The molecule has 9 heteroatoms. The first-order valence-electron chi connectivity index (χ1n) is 8.41. The molecule has 28 heavy (non-hydrogen) atoms. The predicted molar refractivity (Wildman–Crippen MR) is 104 cm³/mol. The van der Waals surface area contributed by atoms with Crippen LogP contribution < -0.4 is 5.32 Å². The molecule has 4 heterocycles. The highest BCUT2D eigenvalue weighted by atomic mass is 32.1. The van der Waals surface area contributed by atoms with Crippen LogP contribution in [0.5, 0.6) is 0 Å². The number of halogens is 1. The van der Waals surface area contributed by atoms with Crippen LogP contribution in [0.15, 0.2) is 58.8 Å². The summed E-state index contributed by atoms with van der Waals surface area (Å²) in [5, 5.41) is 5.79. The fourth-order valence-corrected chi connectivity index (χ4v) is 3.58. The summed E-state index contributed by atoms with van der Waals surface area (Å²) in [5.41, 5.74) is 3.72. The summed E-state index contributed by atoms with van der Waals surface area (Å²) in [6, 6.07) is 7.95. The van der Waals surface area contributed by atoms with Crippen molar-refractivity contribution >= 4 is 28.3 Å². The highest BCUT2D eigenvalue weighted by molar-refractivity contribution is 7.13. The van der Waals surface area contributed by atoms with E-state index in [-0.39, 0.29) is 5.82 Å². The number of oxazole rings is 1. The van der Waals surface area contributed by atoms with E-state index in [0.29, 0.717) is 23.2 Å². The van der Waals surface area contributed by atoms with Gasteiger partial charge in [0.05, 0.1) is 11.4 Å². The molecule has 5 rings (SSSR count). The molecule has 0 radical (unpaired) electrons. The lowest BCUT2D eigenvalue weighted by Gasteiger charge is -2.06. The number of rotatable bonds is 4. The van der Waals surface area contributed by atoms with Gasteiger partial charge in [0.25, 0.3) is 0 Å². The lowest BCUT2D eigenvalue weighted by molar-refractivity contribution is 0.596. The molecule has 0 amide bonds. The average Bonchev–Trinajstić information content (AvgIpc) is 3.38. The fraction of sp³-hybridized carbons (Fsp3) is 0.0526. The van der Waals surface area contributed by atoms with E-state index >= 15 is 0 Å². The minimum Gasteiger partial charge on any atom is -0.432 e. The minimum absolute atomic E-state index is 0.305. The Morgan fingerprint density at radius 2 is 1.96 bits per heavy atom. The third-order valence-electron chi connectivity index (χ3n) is 4.12. The van der Waals surface area contributed by atoms with E-state index in [0.717, 1.165) is 22.1 Å². The van der Waals surface area contributed by atoms with Gasteiger partial charge >= 0.3 is 5.84 Å². The van der Waals surface area contributed by atoms with Crippen molar-refractivity contribution in [2.45, 2.75) is 6.92 Å². The van der Waals surface area contributed by atoms with E-state index in [4.69, 9.17) is 4.42 Å². The fourth-order valence-electron chi connectivity index (χ4n) is 2.90. The van der Waals surface area contributed by atoms with E-state index < -0.39 is 0 Å². The molecular weight excluding hydrogens is 379 g/mol. The minimum atomic E-state index is -0.305. The molecule has 4 aromatic heterocycles. The van der Waals surface area contributed by atoms with Gasteiger partial charge in [-0.05, 0) is 37.3 Å². The second kappa shape index (κ2) is 6.54. The van der Waals surface area contributed by atoms with E-state index in [1.807, 2.05) is 12.3 Å². The third-order valence-corrected chi connectivity index (χ3v) is 4.99. The molecule has 7 nitrogen and oxygen atoms in total. The Morgan fingerprint density at radius 1 is 1.11 bits per heavy atom. The van der Waals surface area contributed by atoms with Crippen LogP contribution in [-0.2, 0) is 0 Å². The van der Waals surface area contributed by atoms with Crippen molar-refractivity contribution in [1.29, 1.82) is 0 Å². The molecule has 5 aromatic rings. The molecule has 1 aromatic carbocycles. The van der Waals surface area contributed by atoms with Crippen LogP contribution in [0.1, 0.15) is 5.69 Å². The number of nitrogens with one attached hydrogen (secondary N) is 1. The highest BCUT2D eigenvalue weighted by Crippen LogP contribution is 2.32. The Morgan fingerprint density at radius 3 is 2.75 bits per heavy atom. The maximum atomic E-state index is 13.4. The number of imidazole rings is 1. The predicted octanol–water partition coefficient (Wildman–Crippen LogP) is 4.70. The number of aryl methyl sites for hydroxylation is 1. The molecule has 0 aliphatic heterocycles. The van der Waals surface area contributed by atoms with Gasteiger partial charge in [-0.25, -0.2) is 19.3 Å². The van der Waals surface area contributed by atoms with Crippen molar-refractivity contribution in [1.82, 2.24) is 24.3 Å². The Balaban J connectivity index is 1.62. The van der Waals surface area contributed by atoms with Crippen LogP contribution in [0.2, 0.25) is 0 Å². The lowest BCUT2D eigenvalue weighted by Crippen LogP contribution is -1.99. The van der Waals surface area contributed by atoms with Crippen molar-refractivity contribution in [3.8, 4) is 22.6 Å². The average molecular weight is 392 g/mol. The molecule has 0 saturated heterocycles. The van der Waals surface area contributed by atoms with Gasteiger partial charge in [0.1, 0.15) is 23.5 Å². The summed E-state index contributed by atoms with van der Waals surface area (Å²) in [6.07, 6.45) is 4.99. The topological polar surface area (TPSA) is 81.1 Å². The molecular formula is C19H13FN6OS. The molecule has 0 bridgehead atoms. The number of fused-ring (bicyclic) bond motifs is 1. The van der Waals surface area contributed by atoms with Gasteiger partial charge in [0.2, 0.25) is 5.95 Å². The Hall–Kier alpha value is -3.59. The van der Waals surface area contributed by atoms with Gasteiger partial charge in [-0.1, -0.05) is 0 Å². The van der Waals surface area contributed by atoms with E-state index in [1.165, 1.54) is 23.5 Å². The summed E-state index contributed by atoms with van der Waals surface area (Å²) in [6.45, 7) is 1.93. The van der Waals surface area contributed by atoms with Crippen LogP contribution in [0, 0.1) is 12.7 Å². The molecule has 0 aliphatic rings. The van der Waals surface area contributed by atoms with Crippen molar-refractivity contribution in [3.63, 3.8) is 0 Å². The summed E-state index contributed by atoms with van der Waals surface area (Å²) >= 11 is 1.48. The first kappa shape index (κ1) is 16.6. The van der Waals surface area contributed by atoms with Crippen LogP contribution in [-0.4, -0.2) is 24.3 Å². The zero-order valence-corrected chi connectivity index (χ0v) is 15.4. The number of hydrogen-bond donors (Lipinski definition) is 1. The van der Waals surface area contributed by atoms with E-state index in [2.05, 4.69) is 25.3 Å². The Bertz CT molecular complexity index is 1270. The number of anilines is 2. The van der Waals surface area contributed by atoms with Crippen LogP contribution >= 0.6 is 11.3 Å². The lowest BCUT2D eigenvalue weighted by atomic mass is 10.1. The second-order valence-corrected chi connectivity index (χ2v) is 6.91. The molecule has 0 unspecified atom stereocenters. The van der Waals surface area contributed by atoms with Crippen molar-refractivity contribution in [2.75, 3.05) is 5.32 Å². The first-order valence-corrected chi connectivity index (χ1v) is 9.29. The normalized spacial score (nSPS) is 11.2. The second-order valence-electron chi connectivity index (χ2n) is 6.06. The number of benzene rings is 1. The van der Waals surface area contributed by atoms with Crippen LogP contribution in [0.25, 0.3) is 28.5 Å². The van der Waals surface area contributed by atoms with Gasteiger partial charge < -0.3 is 9.73 Å². The number of thiazole rings is 1. The molecule has 0 saturated carbocycles. The van der Waals surface area contributed by atoms with Crippen LogP contribution in [0.4, 0.5) is 15.5 Å². The first-order chi connectivity index (χ1) is 13.7. The van der Waals surface area contributed by atoms with Gasteiger partial charge in [-0.3, -0.25) is 4.40 Å². The zero-order chi connectivity index (χ0) is 19.1. The number of hydrogen-bond acceptors (Lipinski definition) is 7. The SMILES string of the molecule is Cc1csc(Nc2nccc(-c3c(-c4ccc(F)cc4)nc4occn34)n2)n1. The zero-order valence-electron chi connectivity index (χ0n) is 14.6. The van der Waals surface area contributed by atoms with Crippen molar-refractivity contribution in [3.05, 3.63) is 65.9 Å². The third kappa shape index (κ3) is 2.91. The molecule has 0 fully saturated rings. The smallest absolute Gasteiger partial charge is 0.306 e. The molecule has 1 N–H and O–H groups in total. The van der Waals surface area contributed by atoms with Gasteiger partial charge in [0, 0.05) is 23.3 Å². The van der Waals surface area contributed by atoms with Gasteiger partial charge in [0.15, 0.2) is 5.13 Å². The summed E-state index contributed by atoms with van der Waals surface area (Å²) in [5.74, 6) is 0.550.